The molecule has 51 heavy (non-hydrogen) atoms. The average Bonchev–Trinajstić information content (AvgIpc) is 3.11. The van der Waals surface area contributed by atoms with Gasteiger partial charge in [0.1, 0.15) is 17.4 Å². The molecule has 1 N–H and O–H groups in total. The van der Waals surface area contributed by atoms with Crippen molar-refractivity contribution in [2.45, 2.75) is 92.9 Å². The first-order valence-corrected chi connectivity index (χ1v) is 18.3. The number of carbonyl (C=O) groups excluding carboxylic acids is 3. The number of rotatable bonds is 8. The van der Waals surface area contributed by atoms with Gasteiger partial charge in [-0.25, -0.2) is 4.79 Å². The molecule has 0 amide bonds. The summed E-state index contributed by atoms with van der Waals surface area (Å²) in [7, 11) is 1.24. The largest absolute Gasteiger partial charge is 0.504 e. The summed E-state index contributed by atoms with van der Waals surface area (Å²) in [4.78, 5) is 38.3. The molecule has 1 aromatic rings. The van der Waals surface area contributed by atoms with E-state index in [0.29, 0.717) is 35.8 Å². The Morgan fingerprint density at radius 3 is 2.37 bits per heavy atom. The summed E-state index contributed by atoms with van der Waals surface area (Å²) in [6.45, 7) is 14.2. The number of ether oxygens (including phenoxy) is 3. The van der Waals surface area contributed by atoms with Crippen molar-refractivity contribution in [3.05, 3.63) is 81.7 Å². The fourth-order valence-electron chi connectivity index (χ4n) is 10.3. The van der Waals surface area contributed by atoms with Gasteiger partial charge >= 0.3 is 11.9 Å². The van der Waals surface area contributed by atoms with Gasteiger partial charge in [0.15, 0.2) is 5.76 Å². The lowest BCUT2D eigenvalue weighted by molar-refractivity contribution is -0.182. The van der Waals surface area contributed by atoms with Crippen LogP contribution in [0.5, 0.6) is 5.75 Å². The number of aliphatic hydroxyl groups excluding tert-OH is 1. The SMILES string of the molecule is COC(=O)/C(C#N)=C/c1ccc(OCCCOC(=O)[C@]2(C)CC[C@]3(C)CC[C@]4(C)C5=CC=C6C(=CC(=O)C(O)=C6C)[C@]5(C)CC[C@@]4(C)[C@@H]3C2)cc1. The number of methoxy groups -OCH3 is 1. The van der Waals surface area contributed by atoms with Gasteiger partial charge in [0, 0.05) is 17.4 Å². The van der Waals surface area contributed by atoms with E-state index in [2.05, 4.69) is 51.5 Å². The Morgan fingerprint density at radius 1 is 0.980 bits per heavy atom. The Bertz CT molecular complexity index is 1860. The molecule has 3 fully saturated rings. The number of allylic oxidation sites excluding steroid dienone is 7. The number of nitriles is 1. The number of ketones is 1. The molecule has 0 bridgehead atoms. The highest BCUT2D eigenvalue weighted by Gasteiger charge is 2.67. The molecule has 5 aliphatic rings. The van der Waals surface area contributed by atoms with Crippen LogP contribution >= 0.6 is 0 Å². The Kier molecular flexibility index (Phi) is 9.27. The smallest absolute Gasteiger partial charge is 0.348 e. The summed E-state index contributed by atoms with van der Waals surface area (Å²) in [6.07, 6.45) is 14.7. The molecule has 1 aromatic carbocycles. The van der Waals surface area contributed by atoms with Crippen LogP contribution in [-0.4, -0.2) is 43.2 Å². The molecule has 0 aliphatic heterocycles. The van der Waals surface area contributed by atoms with Crippen LogP contribution in [0.3, 0.4) is 0 Å². The molecule has 3 saturated carbocycles. The molecular weight excluding hydrogens is 642 g/mol. The minimum absolute atomic E-state index is 0.0421. The summed E-state index contributed by atoms with van der Waals surface area (Å²) < 4.78 is 16.4. The number of hydrogen-bond donors (Lipinski definition) is 1. The van der Waals surface area contributed by atoms with E-state index < -0.39 is 11.4 Å². The summed E-state index contributed by atoms with van der Waals surface area (Å²) in [5.41, 5.74) is 3.78. The molecule has 0 spiro atoms. The maximum Gasteiger partial charge on any atom is 0.348 e. The van der Waals surface area contributed by atoms with Crippen molar-refractivity contribution >= 4 is 23.8 Å². The number of carbonyl (C=O) groups is 3. The van der Waals surface area contributed by atoms with Crippen molar-refractivity contribution in [1.82, 2.24) is 0 Å². The Hall–Kier alpha value is -4.38. The van der Waals surface area contributed by atoms with Crippen LogP contribution in [0, 0.1) is 44.3 Å². The summed E-state index contributed by atoms with van der Waals surface area (Å²) in [5, 5.41) is 19.6. The van der Waals surface area contributed by atoms with Crippen LogP contribution in [0.15, 0.2) is 76.1 Å². The van der Waals surface area contributed by atoms with Crippen LogP contribution in [-0.2, 0) is 23.9 Å². The molecule has 0 saturated heterocycles. The Labute approximate surface area is 301 Å². The number of fused-ring (bicyclic) bond motifs is 7. The lowest BCUT2D eigenvalue weighted by Gasteiger charge is -2.70. The number of aliphatic hydroxyl groups is 1. The minimum Gasteiger partial charge on any atom is -0.504 e. The van der Waals surface area contributed by atoms with Crippen LogP contribution < -0.4 is 4.74 Å². The first kappa shape index (κ1) is 36.4. The zero-order valence-corrected chi connectivity index (χ0v) is 31.1. The van der Waals surface area contributed by atoms with Crippen LogP contribution in [0.1, 0.15) is 98.5 Å². The molecular formula is C43H51NO7. The third-order valence-electron chi connectivity index (χ3n) is 13.9. The molecule has 0 unspecified atom stereocenters. The molecule has 6 rings (SSSR count). The van der Waals surface area contributed by atoms with E-state index in [1.807, 2.05) is 13.0 Å². The van der Waals surface area contributed by atoms with E-state index in [1.54, 1.807) is 30.3 Å². The van der Waals surface area contributed by atoms with E-state index >= 15 is 0 Å². The zero-order chi connectivity index (χ0) is 37.0. The minimum atomic E-state index is -0.683. The van der Waals surface area contributed by atoms with Crippen molar-refractivity contribution in [3.8, 4) is 11.8 Å². The summed E-state index contributed by atoms with van der Waals surface area (Å²) in [5.74, 6) is -0.299. The molecule has 270 valence electrons. The van der Waals surface area contributed by atoms with Crippen molar-refractivity contribution in [2.24, 2.45) is 33.0 Å². The third-order valence-corrected chi connectivity index (χ3v) is 13.9. The Balaban J connectivity index is 1.11. The second-order valence-corrected chi connectivity index (χ2v) is 16.7. The molecule has 0 heterocycles. The molecule has 0 aromatic heterocycles. The van der Waals surface area contributed by atoms with Gasteiger partial charge in [0.2, 0.25) is 5.78 Å². The van der Waals surface area contributed by atoms with Gasteiger partial charge < -0.3 is 19.3 Å². The first-order chi connectivity index (χ1) is 24.0. The van der Waals surface area contributed by atoms with Gasteiger partial charge in [0.05, 0.1) is 25.7 Å². The monoisotopic (exact) mass is 693 g/mol. The predicted molar refractivity (Wildman–Crippen MR) is 194 cm³/mol. The van der Waals surface area contributed by atoms with Crippen LogP contribution in [0.2, 0.25) is 0 Å². The van der Waals surface area contributed by atoms with Crippen molar-refractivity contribution < 1.29 is 33.7 Å². The second-order valence-electron chi connectivity index (χ2n) is 16.7. The van der Waals surface area contributed by atoms with E-state index in [-0.39, 0.29) is 51.4 Å². The first-order valence-electron chi connectivity index (χ1n) is 18.3. The van der Waals surface area contributed by atoms with Gasteiger partial charge in [-0.05, 0) is 122 Å². The predicted octanol–water partition coefficient (Wildman–Crippen LogP) is 8.71. The third kappa shape index (κ3) is 5.87. The summed E-state index contributed by atoms with van der Waals surface area (Å²) in [6, 6.07) is 8.90. The maximum absolute atomic E-state index is 13.8. The molecule has 5 aliphatic carbocycles. The topological polar surface area (TPSA) is 123 Å². The molecule has 8 nitrogen and oxygen atoms in total. The fraction of sp³-hybridized carbons (Fsp3) is 0.535. The lowest BCUT2D eigenvalue weighted by atomic mass is 9.34. The van der Waals surface area contributed by atoms with Gasteiger partial charge in [-0.2, -0.15) is 5.26 Å². The number of esters is 2. The van der Waals surface area contributed by atoms with E-state index in [1.165, 1.54) is 18.8 Å². The van der Waals surface area contributed by atoms with E-state index in [9.17, 15) is 24.8 Å². The normalized spacial score (nSPS) is 34.3. The molecule has 6 atom stereocenters. The van der Waals surface area contributed by atoms with Gasteiger partial charge in [-0.1, -0.05) is 57.6 Å². The van der Waals surface area contributed by atoms with Crippen molar-refractivity contribution in [2.75, 3.05) is 20.3 Å². The molecule has 8 heteroatoms. The van der Waals surface area contributed by atoms with Crippen molar-refractivity contribution in [3.63, 3.8) is 0 Å². The molecule has 0 radical (unpaired) electrons. The van der Waals surface area contributed by atoms with Crippen molar-refractivity contribution in [1.29, 1.82) is 5.26 Å². The highest BCUT2D eigenvalue weighted by atomic mass is 16.5. The maximum atomic E-state index is 13.8. The van der Waals surface area contributed by atoms with Gasteiger partial charge in [-0.15, -0.1) is 0 Å². The number of benzene rings is 1. The van der Waals surface area contributed by atoms with Crippen LogP contribution in [0.4, 0.5) is 0 Å². The number of nitrogens with zero attached hydrogens (tertiary/aromatic N) is 1. The average molecular weight is 694 g/mol. The fourth-order valence-corrected chi connectivity index (χ4v) is 10.3. The highest BCUT2D eigenvalue weighted by molar-refractivity contribution is 6.06. The quantitative estimate of drug-likeness (QED) is 0.124. The summed E-state index contributed by atoms with van der Waals surface area (Å²) >= 11 is 0. The van der Waals surface area contributed by atoms with Gasteiger partial charge in [0.25, 0.3) is 0 Å². The standard InChI is InChI=1S/C43H51NO7/c1-27-31-13-14-34-41(4,32(31)24-33(45)36(27)46)18-20-43(6)35-25-40(3,16-15-39(35,2)17-19-42(34,43)5)38(48)51-22-8-21-50-30-11-9-28(10-12-30)23-29(26-44)37(47)49-7/h9-14,23-24,35,46H,8,15-22,25H2,1-7H3/b29-23+/t35-,39-,40-,41+,42-,43+/m1/s1. The van der Waals surface area contributed by atoms with Crippen LogP contribution in [0.25, 0.3) is 6.08 Å². The number of hydrogen-bond acceptors (Lipinski definition) is 8. The second kappa shape index (κ2) is 13.0. The highest BCUT2D eigenvalue weighted by Crippen LogP contribution is 2.75. The van der Waals surface area contributed by atoms with E-state index in [4.69, 9.17) is 9.47 Å². The Morgan fingerprint density at radius 2 is 1.69 bits per heavy atom. The van der Waals surface area contributed by atoms with E-state index in [0.717, 1.165) is 56.1 Å². The van der Waals surface area contributed by atoms with Gasteiger partial charge in [-0.3, -0.25) is 9.59 Å². The lowest BCUT2D eigenvalue weighted by Crippen LogP contribution is -2.62. The zero-order valence-electron chi connectivity index (χ0n) is 31.1.